The zero-order valence-corrected chi connectivity index (χ0v) is 13.2. The number of carbonyl (C=O) groups excluding carboxylic acids is 2. The summed E-state index contributed by atoms with van der Waals surface area (Å²) in [5, 5.41) is 3.00. The number of ether oxygens (including phenoxy) is 1. The summed E-state index contributed by atoms with van der Waals surface area (Å²) >= 11 is 0. The van der Waals surface area contributed by atoms with E-state index in [0.29, 0.717) is 19.8 Å². The first-order chi connectivity index (χ1) is 11.2. The highest BCUT2D eigenvalue weighted by Crippen LogP contribution is 2.43. The van der Waals surface area contributed by atoms with Gasteiger partial charge in [-0.15, -0.1) is 0 Å². The summed E-state index contributed by atoms with van der Waals surface area (Å²) in [7, 11) is 0. The number of hydrogen-bond acceptors (Lipinski definition) is 3. The van der Waals surface area contributed by atoms with Crippen molar-refractivity contribution in [2.24, 2.45) is 5.92 Å². The Balaban J connectivity index is 1.59. The van der Waals surface area contributed by atoms with Crippen molar-refractivity contribution in [2.75, 3.05) is 31.6 Å². The van der Waals surface area contributed by atoms with Gasteiger partial charge in [0.05, 0.1) is 5.41 Å². The van der Waals surface area contributed by atoms with Crippen LogP contribution < -0.4 is 5.32 Å². The lowest BCUT2D eigenvalue weighted by Gasteiger charge is -2.40. The van der Waals surface area contributed by atoms with Crippen LogP contribution in [0.25, 0.3) is 0 Å². The largest absolute Gasteiger partial charge is 0.381 e. The molecule has 0 radical (unpaired) electrons. The van der Waals surface area contributed by atoms with Gasteiger partial charge < -0.3 is 15.0 Å². The van der Waals surface area contributed by atoms with Crippen LogP contribution in [-0.2, 0) is 19.7 Å². The number of anilines is 1. The number of piperidine rings is 1. The highest BCUT2D eigenvalue weighted by Gasteiger charge is 2.50. The molecule has 3 aliphatic heterocycles. The molecule has 1 spiro atoms. The second-order valence-electron chi connectivity index (χ2n) is 6.83. The lowest BCUT2D eigenvalue weighted by Crippen LogP contribution is -2.53. The van der Waals surface area contributed by atoms with Crippen molar-refractivity contribution in [2.45, 2.75) is 31.1 Å². The van der Waals surface area contributed by atoms with E-state index < -0.39 is 5.41 Å². The van der Waals surface area contributed by atoms with Crippen LogP contribution >= 0.6 is 0 Å². The molecular formula is C18H22N2O3. The van der Waals surface area contributed by atoms with Gasteiger partial charge >= 0.3 is 0 Å². The predicted molar refractivity (Wildman–Crippen MR) is 86.1 cm³/mol. The number of rotatable bonds is 1. The minimum Gasteiger partial charge on any atom is -0.381 e. The van der Waals surface area contributed by atoms with Crippen LogP contribution in [0.5, 0.6) is 0 Å². The average molecular weight is 314 g/mol. The van der Waals surface area contributed by atoms with Gasteiger partial charge in [0, 0.05) is 37.9 Å². The minimum absolute atomic E-state index is 0.0446. The number of carbonyl (C=O) groups is 2. The molecule has 5 heteroatoms. The van der Waals surface area contributed by atoms with Crippen molar-refractivity contribution in [3.05, 3.63) is 29.8 Å². The van der Waals surface area contributed by atoms with Crippen molar-refractivity contribution in [1.82, 2.24) is 4.90 Å². The maximum atomic E-state index is 12.9. The fourth-order valence-corrected chi connectivity index (χ4v) is 4.23. The smallest absolute Gasteiger partial charge is 0.236 e. The summed E-state index contributed by atoms with van der Waals surface area (Å²) in [6.45, 7) is 2.59. The summed E-state index contributed by atoms with van der Waals surface area (Å²) in [6, 6.07) is 7.88. The molecule has 122 valence electrons. The Morgan fingerprint density at radius 1 is 1.26 bits per heavy atom. The Morgan fingerprint density at radius 2 is 2.04 bits per heavy atom. The molecule has 4 rings (SSSR count). The first-order valence-electron chi connectivity index (χ1n) is 8.48. The number of nitrogens with zero attached hydrogens (tertiary/aromatic N) is 1. The molecule has 0 bridgehead atoms. The second-order valence-corrected chi connectivity index (χ2v) is 6.83. The zero-order valence-electron chi connectivity index (χ0n) is 13.2. The number of benzene rings is 1. The Kier molecular flexibility index (Phi) is 3.60. The molecule has 0 saturated carbocycles. The summed E-state index contributed by atoms with van der Waals surface area (Å²) in [6.07, 6.45) is 3.28. The lowest BCUT2D eigenvalue weighted by molar-refractivity contribution is -0.142. The zero-order chi connectivity index (χ0) is 15.9. The standard InChI is InChI=1S/C18H22N2O3/c21-16(13-6-10-23-11-7-13)20-9-3-8-18(12-20)14-4-1-2-5-15(14)19-17(18)22/h1-2,4-5,13H,3,6-12H2,(H,19,22). The molecule has 2 saturated heterocycles. The van der Waals surface area contributed by atoms with Gasteiger partial charge in [0.25, 0.3) is 0 Å². The summed E-state index contributed by atoms with van der Waals surface area (Å²) < 4.78 is 5.36. The third-order valence-corrected chi connectivity index (χ3v) is 5.50. The Morgan fingerprint density at radius 3 is 2.87 bits per heavy atom. The summed E-state index contributed by atoms with van der Waals surface area (Å²) in [5.74, 6) is 0.298. The van der Waals surface area contributed by atoms with E-state index in [4.69, 9.17) is 4.74 Å². The maximum Gasteiger partial charge on any atom is 0.236 e. The molecule has 3 heterocycles. The maximum absolute atomic E-state index is 12.9. The van der Waals surface area contributed by atoms with Gasteiger partial charge in [-0.25, -0.2) is 0 Å². The van der Waals surface area contributed by atoms with Crippen molar-refractivity contribution in [1.29, 1.82) is 0 Å². The molecule has 5 nitrogen and oxygen atoms in total. The van der Waals surface area contributed by atoms with Gasteiger partial charge in [-0.05, 0) is 37.3 Å². The fraction of sp³-hybridized carbons (Fsp3) is 0.556. The molecule has 0 aliphatic carbocycles. The third kappa shape index (κ3) is 2.34. The number of para-hydroxylation sites is 1. The molecule has 1 unspecified atom stereocenters. The van der Waals surface area contributed by atoms with E-state index in [0.717, 1.165) is 43.5 Å². The van der Waals surface area contributed by atoms with Crippen LogP contribution in [0.15, 0.2) is 24.3 Å². The first kappa shape index (κ1) is 14.7. The van der Waals surface area contributed by atoms with Crippen molar-refractivity contribution in [3.63, 3.8) is 0 Å². The summed E-state index contributed by atoms with van der Waals surface area (Å²) in [5.41, 5.74) is 1.39. The number of fused-ring (bicyclic) bond motifs is 2. The molecule has 2 amide bonds. The van der Waals surface area contributed by atoms with Gasteiger partial charge in [0.1, 0.15) is 0 Å². The van der Waals surface area contributed by atoms with Crippen LogP contribution in [-0.4, -0.2) is 43.0 Å². The van der Waals surface area contributed by atoms with Crippen LogP contribution in [0.2, 0.25) is 0 Å². The van der Waals surface area contributed by atoms with Gasteiger partial charge in [0.2, 0.25) is 11.8 Å². The van der Waals surface area contributed by atoms with Crippen LogP contribution in [0.3, 0.4) is 0 Å². The van der Waals surface area contributed by atoms with Crippen molar-refractivity contribution >= 4 is 17.5 Å². The normalized spacial score (nSPS) is 27.8. The topological polar surface area (TPSA) is 58.6 Å². The monoisotopic (exact) mass is 314 g/mol. The highest BCUT2D eigenvalue weighted by atomic mass is 16.5. The Bertz CT molecular complexity index is 639. The van der Waals surface area contributed by atoms with E-state index in [2.05, 4.69) is 5.32 Å². The van der Waals surface area contributed by atoms with Crippen LogP contribution in [0, 0.1) is 5.92 Å². The quantitative estimate of drug-likeness (QED) is 0.861. The van der Waals surface area contributed by atoms with Crippen LogP contribution in [0.4, 0.5) is 5.69 Å². The minimum atomic E-state index is -0.560. The molecule has 2 fully saturated rings. The third-order valence-electron chi connectivity index (χ3n) is 5.50. The molecule has 1 aromatic rings. The lowest BCUT2D eigenvalue weighted by atomic mass is 9.74. The molecule has 3 aliphatic rings. The molecule has 1 aromatic carbocycles. The van der Waals surface area contributed by atoms with Crippen LogP contribution in [0.1, 0.15) is 31.2 Å². The van der Waals surface area contributed by atoms with E-state index in [1.165, 1.54) is 0 Å². The molecule has 1 N–H and O–H groups in total. The van der Waals surface area contributed by atoms with E-state index >= 15 is 0 Å². The van der Waals surface area contributed by atoms with Gasteiger partial charge in [-0.3, -0.25) is 9.59 Å². The molecular weight excluding hydrogens is 292 g/mol. The van der Waals surface area contributed by atoms with E-state index in [1.807, 2.05) is 29.2 Å². The molecule has 0 aromatic heterocycles. The number of nitrogens with one attached hydrogen (secondary N) is 1. The predicted octanol–water partition coefficient (Wildman–Crippen LogP) is 1.93. The van der Waals surface area contributed by atoms with Crippen molar-refractivity contribution in [3.8, 4) is 0 Å². The highest BCUT2D eigenvalue weighted by molar-refractivity contribution is 6.06. The Labute approximate surface area is 136 Å². The van der Waals surface area contributed by atoms with Gasteiger partial charge in [-0.1, -0.05) is 18.2 Å². The number of likely N-dealkylation sites (tertiary alicyclic amines) is 1. The second kappa shape index (κ2) is 5.64. The van der Waals surface area contributed by atoms with Crippen molar-refractivity contribution < 1.29 is 14.3 Å². The van der Waals surface area contributed by atoms with Gasteiger partial charge in [0.15, 0.2) is 0 Å². The first-order valence-corrected chi connectivity index (χ1v) is 8.48. The van der Waals surface area contributed by atoms with E-state index in [9.17, 15) is 9.59 Å². The van der Waals surface area contributed by atoms with E-state index in [1.54, 1.807) is 0 Å². The fourth-order valence-electron chi connectivity index (χ4n) is 4.23. The number of hydrogen-bond donors (Lipinski definition) is 1. The average Bonchev–Trinajstić information content (AvgIpc) is 2.87. The molecule has 1 atom stereocenters. The summed E-state index contributed by atoms with van der Waals surface area (Å²) in [4.78, 5) is 27.5. The van der Waals surface area contributed by atoms with E-state index in [-0.39, 0.29) is 17.7 Å². The van der Waals surface area contributed by atoms with Gasteiger partial charge in [-0.2, -0.15) is 0 Å². The Hall–Kier alpha value is -1.88. The SMILES string of the molecule is O=C(C1CCOCC1)N1CCCC2(C1)C(=O)Nc1ccccc12. The number of amides is 2. The molecule has 23 heavy (non-hydrogen) atoms.